The van der Waals surface area contributed by atoms with Gasteiger partial charge < -0.3 is 10.8 Å². The number of nitrogens with two attached hydrogens (primary N) is 1. The summed E-state index contributed by atoms with van der Waals surface area (Å²) in [6.07, 6.45) is 6.48. The number of aryl methyl sites for hydroxylation is 1. The van der Waals surface area contributed by atoms with Crippen molar-refractivity contribution >= 4 is 0 Å². The molecule has 0 amide bonds. The molecule has 0 aromatic carbocycles. The fourth-order valence-corrected chi connectivity index (χ4v) is 3.00. The molecule has 1 aliphatic rings. The van der Waals surface area contributed by atoms with Crippen LogP contribution < -0.4 is 5.73 Å². The highest BCUT2D eigenvalue weighted by Crippen LogP contribution is 2.47. The largest absolute Gasteiger partial charge is 0.396 e. The van der Waals surface area contributed by atoms with E-state index < -0.39 is 0 Å². The minimum atomic E-state index is -0.0247. The van der Waals surface area contributed by atoms with Crippen LogP contribution >= 0.6 is 0 Å². The van der Waals surface area contributed by atoms with Crippen LogP contribution in [-0.4, -0.2) is 28.0 Å². The maximum Gasteiger partial charge on any atom is 0.0674 e. The Balaban J connectivity index is 2.27. The summed E-state index contributed by atoms with van der Waals surface area (Å²) in [7, 11) is 1.91. The zero-order chi connectivity index (χ0) is 11.6. The van der Waals surface area contributed by atoms with Gasteiger partial charge in [-0.15, -0.1) is 0 Å². The predicted molar refractivity (Wildman–Crippen MR) is 63.0 cm³/mol. The topological polar surface area (TPSA) is 64.1 Å². The number of aliphatic hydroxyl groups is 1. The van der Waals surface area contributed by atoms with E-state index in [2.05, 4.69) is 5.10 Å². The van der Waals surface area contributed by atoms with Crippen LogP contribution in [0.2, 0.25) is 0 Å². The molecular weight excluding hydrogens is 202 g/mol. The third-order valence-electron chi connectivity index (χ3n) is 3.98. The molecule has 1 heterocycles. The summed E-state index contributed by atoms with van der Waals surface area (Å²) < 4.78 is 1.80. The highest BCUT2D eigenvalue weighted by Gasteiger charge is 2.41. The van der Waals surface area contributed by atoms with Gasteiger partial charge in [-0.05, 0) is 18.9 Å². The fourth-order valence-electron chi connectivity index (χ4n) is 3.00. The monoisotopic (exact) mass is 223 g/mol. The molecule has 2 rings (SSSR count). The molecule has 4 nitrogen and oxygen atoms in total. The van der Waals surface area contributed by atoms with Crippen molar-refractivity contribution in [2.24, 2.45) is 18.2 Å². The molecule has 0 aliphatic heterocycles. The standard InChI is InChI=1S/C12H21N3O/c1-15-7-4-11(14-15)10(8-13)12(9-16)5-2-3-6-12/h4,7,10,16H,2-3,5-6,8-9,13H2,1H3. The summed E-state index contributed by atoms with van der Waals surface area (Å²) in [4.78, 5) is 0. The van der Waals surface area contributed by atoms with Crippen molar-refractivity contribution in [3.63, 3.8) is 0 Å². The van der Waals surface area contributed by atoms with Crippen molar-refractivity contribution in [2.45, 2.75) is 31.6 Å². The fraction of sp³-hybridized carbons (Fsp3) is 0.750. The van der Waals surface area contributed by atoms with Crippen molar-refractivity contribution in [1.29, 1.82) is 0 Å². The lowest BCUT2D eigenvalue weighted by Crippen LogP contribution is -2.35. The van der Waals surface area contributed by atoms with Crippen LogP contribution in [0.5, 0.6) is 0 Å². The van der Waals surface area contributed by atoms with Crippen molar-refractivity contribution in [3.05, 3.63) is 18.0 Å². The predicted octanol–water partition coefficient (Wildman–Crippen LogP) is 1.02. The van der Waals surface area contributed by atoms with Gasteiger partial charge in [0.15, 0.2) is 0 Å². The Labute approximate surface area is 96.5 Å². The number of rotatable bonds is 4. The van der Waals surface area contributed by atoms with Gasteiger partial charge in [-0.3, -0.25) is 4.68 Å². The molecular formula is C12H21N3O. The minimum Gasteiger partial charge on any atom is -0.396 e. The first kappa shape index (κ1) is 11.6. The van der Waals surface area contributed by atoms with Gasteiger partial charge in [-0.1, -0.05) is 12.8 Å². The molecule has 3 N–H and O–H groups in total. The molecule has 1 aliphatic carbocycles. The van der Waals surface area contributed by atoms with Crippen molar-refractivity contribution < 1.29 is 5.11 Å². The van der Waals surface area contributed by atoms with E-state index in [1.165, 1.54) is 12.8 Å². The molecule has 0 saturated heterocycles. The van der Waals surface area contributed by atoms with Crippen molar-refractivity contribution in [3.8, 4) is 0 Å². The van der Waals surface area contributed by atoms with E-state index in [9.17, 15) is 5.11 Å². The third-order valence-corrected chi connectivity index (χ3v) is 3.98. The molecule has 1 aromatic heterocycles. The van der Waals surface area contributed by atoms with Gasteiger partial charge >= 0.3 is 0 Å². The molecule has 1 fully saturated rings. The summed E-state index contributed by atoms with van der Waals surface area (Å²) in [5.74, 6) is 0.196. The van der Waals surface area contributed by atoms with Crippen LogP contribution in [0.4, 0.5) is 0 Å². The SMILES string of the molecule is Cn1ccc(C(CN)C2(CO)CCCC2)n1. The zero-order valence-corrected chi connectivity index (χ0v) is 9.89. The Morgan fingerprint density at radius 1 is 1.56 bits per heavy atom. The third kappa shape index (κ3) is 1.87. The van der Waals surface area contributed by atoms with Crippen LogP contribution in [-0.2, 0) is 7.05 Å². The van der Waals surface area contributed by atoms with Gasteiger partial charge in [0.1, 0.15) is 0 Å². The number of hydrogen-bond acceptors (Lipinski definition) is 3. The van der Waals surface area contributed by atoms with Gasteiger partial charge in [0.25, 0.3) is 0 Å². The Bertz CT molecular complexity index is 342. The summed E-state index contributed by atoms with van der Waals surface area (Å²) in [6, 6.07) is 2.02. The average molecular weight is 223 g/mol. The second kappa shape index (κ2) is 4.55. The Morgan fingerprint density at radius 3 is 2.69 bits per heavy atom. The minimum absolute atomic E-state index is 0.0247. The highest BCUT2D eigenvalue weighted by atomic mass is 16.3. The zero-order valence-electron chi connectivity index (χ0n) is 9.89. The summed E-state index contributed by atoms with van der Waals surface area (Å²) in [5.41, 5.74) is 6.90. The number of hydrogen-bond donors (Lipinski definition) is 2. The average Bonchev–Trinajstić information content (AvgIpc) is 2.90. The second-order valence-electron chi connectivity index (χ2n) is 4.93. The molecule has 4 heteroatoms. The van der Waals surface area contributed by atoms with Crippen molar-refractivity contribution in [1.82, 2.24) is 9.78 Å². The van der Waals surface area contributed by atoms with Crippen LogP contribution in [0.1, 0.15) is 37.3 Å². The Morgan fingerprint density at radius 2 is 2.25 bits per heavy atom. The first-order valence-electron chi connectivity index (χ1n) is 6.02. The molecule has 1 atom stereocenters. The van der Waals surface area contributed by atoms with Crippen LogP contribution in [0.3, 0.4) is 0 Å². The maximum absolute atomic E-state index is 9.70. The van der Waals surface area contributed by atoms with Gasteiger partial charge in [0, 0.05) is 37.7 Å². The van der Waals surface area contributed by atoms with Crippen LogP contribution in [0, 0.1) is 5.41 Å². The summed E-state index contributed by atoms with van der Waals surface area (Å²) >= 11 is 0. The lowest BCUT2D eigenvalue weighted by Gasteiger charge is -2.34. The van der Waals surface area contributed by atoms with E-state index >= 15 is 0 Å². The normalized spacial score (nSPS) is 21.2. The molecule has 1 unspecified atom stereocenters. The van der Waals surface area contributed by atoms with E-state index in [1.54, 1.807) is 4.68 Å². The smallest absolute Gasteiger partial charge is 0.0674 e. The van der Waals surface area contributed by atoms with E-state index in [1.807, 2.05) is 19.3 Å². The quantitative estimate of drug-likeness (QED) is 0.801. The van der Waals surface area contributed by atoms with E-state index in [0.717, 1.165) is 18.5 Å². The van der Waals surface area contributed by atoms with Crippen molar-refractivity contribution in [2.75, 3.05) is 13.2 Å². The number of aromatic nitrogens is 2. The highest BCUT2D eigenvalue weighted by molar-refractivity contribution is 5.13. The molecule has 1 saturated carbocycles. The van der Waals surface area contributed by atoms with Crippen LogP contribution in [0.15, 0.2) is 12.3 Å². The molecule has 0 radical (unpaired) electrons. The summed E-state index contributed by atoms with van der Waals surface area (Å²) in [6.45, 7) is 0.795. The first-order chi connectivity index (χ1) is 7.72. The van der Waals surface area contributed by atoms with E-state index in [0.29, 0.717) is 6.54 Å². The van der Waals surface area contributed by atoms with Gasteiger partial charge in [0.2, 0.25) is 0 Å². The van der Waals surface area contributed by atoms with Gasteiger partial charge in [0.05, 0.1) is 5.69 Å². The second-order valence-corrected chi connectivity index (χ2v) is 4.93. The number of nitrogens with zero attached hydrogens (tertiary/aromatic N) is 2. The molecule has 90 valence electrons. The van der Waals surface area contributed by atoms with Gasteiger partial charge in [-0.25, -0.2) is 0 Å². The maximum atomic E-state index is 9.70. The number of aliphatic hydroxyl groups excluding tert-OH is 1. The van der Waals surface area contributed by atoms with Gasteiger partial charge in [-0.2, -0.15) is 5.10 Å². The molecule has 0 bridgehead atoms. The summed E-state index contributed by atoms with van der Waals surface area (Å²) in [5, 5.41) is 14.1. The molecule has 1 aromatic rings. The molecule has 0 spiro atoms. The van der Waals surface area contributed by atoms with E-state index in [-0.39, 0.29) is 17.9 Å². The lowest BCUT2D eigenvalue weighted by molar-refractivity contribution is 0.101. The van der Waals surface area contributed by atoms with Crippen LogP contribution in [0.25, 0.3) is 0 Å². The van der Waals surface area contributed by atoms with E-state index in [4.69, 9.17) is 5.73 Å². The molecule has 16 heavy (non-hydrogen) atoms. The Kier molecular flexibility index (Phi) is 3.30. The first-order valence-corrected chi connectivity index (χ1v) is 6.02. The lowest BCUT2D eigenvalue weighted by atomic mass is 9.73. The Hall–Kier alpha value is -0.870.